The van der Waals surface area contributed by atoms with Gasteiger partial charge in [0.1, 0.15) is 17.1 Å². The number of methoxy groups -OCH3 is 2. The minimum atomic E-state index is -0.312. The standard InChI is InChI=1S/C29H34Cl2N6O5/c1-4-23(38)34-19-15-36(16-19)7-8-37-27-18(14-33-29(35-27)32-13-17-5-9-42-10-6-17)11-20(28(37)39)24-25(30)21(40-2)12-22(41-3)26(24)31/h4,11-12,14,17,19H,1,5-10,13,15-16H2,2-3H3,(H,34,38)(H,32,33,35). The lowest BCUT2D eigenvalue weighted by Crippen LogP contribution is -2.59. The monoisotopic (exact) mass is 616 g/mol. The van der Waals surface area contributed by atoms with E-state index < -0.39 is 0 Å². The smallest absolute Gasteiger partial charge is 0.260 e. The Morgan fingerprint density at radius 1 is 1.14 bits per heavy atom. The van der Waals surface area contributed by atoms with E-state index in [1.165, 1.54) is 20.3 Å². The fourth-order valence-electron chi connectivity index (χ4n) is 5.28. The Kier molecular flexibility index (Phi) is 9.52. The van der Waals surface area contributed by atoms with Gasteiger partial charge in [0.25, 0.3) is 5.56 Å². The molecule has 0 bridgehead atoms. The number of fused-ring (bicyclic) bond motifs is 1. The first-order valence-electron chi connectivity index (χ1n) is 13.8. The lowest BCUT2D eigenvalue weighted by molar-refractivity contribution is -0.118. The maximum atomic E-state index is 14.2. The summed E-state index contributed by atoms with van der Waals surface area (Å²) in [5.74, 6) is 1.38. The second kappa shape index (κ2) is 13.3. The lowest BCUT2D eigenvalue weighted by atomic mass is 10.0. The van der Waals surface area contributed by atoms with E-state index in [0.29, 0.717) is 66.1 Å². The van der Waals surface area contributed by atoms with Crippen LogP contribution in [0.15, 0.2) is 35.8 Å². The van der Waals surface area contributed by atoms with E-state index in [9.17, 15) is 9.59 Å². The van der Waals surface area contributed by atoms with E-state index in [0.717, 1.165) is 32.6 Å². The number of aromatic nitrogens is 3. The summed E-state index contributed by atoms with van der Waals surface area (Å²) in [6.07, 6.45) is 4.91. The van der Waals surface area contributed by atoms with Gasteiger partial charge in [-0.3, -0.25) is 19.1 Å². The van der Waals surface area contributed by atoms with Crippen LogP contribution in [-0.2, 0) is 16.1 Å². The number of hydrogen-bond acceptors (Lipinski definition) is 9. The predicted octanol–water partition coefficient (Wildman–Crippen LogP) is 3.61. The predicted molar refractivity (Wildman–Crippen MR) is 163 cm³/mol. The van der Waals surface area contributed by atoms with Crippen LogP contribution in [0, 0.1) is 5.92 Å². The molecule has 2 aliphatic heterocycles. The molecule has 2 aliphatic rings. The van der Waals surface area contributed by atoms with Crippen LogP contribution < -0.4 is 25.7 Å². The minimum Gasteiger partial charge on any atom is -0.495 e. The van der Waals surface area contributed by atoms with Gasteiger partial charge in [0.2, 0.25) is 11.9 Å². The molecule has 1 amide bonds. The molecule has 2 saturated heterocycles. The zero-order valence-electron chi connectivity index (χ0n) is 23.6. The minimum absolute atomic E-state index is 0.0421. The summed E-state index contributed by atoms with van der Waals surface area (Å²) in [6, 6.07) is 3.33. The molecule has 2 aromatic heterocycles. The Bertz CT molecular complexity index is 1510. The lowest BCUT2D eigenvalue weighted by Gasteiger charge is -2.39. The van der Waals surface area contributed by atoms with E-state index in [1.54, 1.807) is 22.9 Å². The topological polar surface area (TPSA) is 120 Å². The van der Waals surface area contributed by atoms with Crippen LogP contribution in [0.5, 0.6) is 11.5 Å². The third kappa shape index (κ3) is 6.34. The molecule has 3 aromatic rings. The van der Waals surface area contributed by atoms with Crippen LogP contribution >= 0.6 is 23.2 Å². The Morgan fingerprint density at radius 2 is 1.83 bits per heavy atom. The van der Waals surface area contributed by atoms with E-state index in [1.807, 2.05) is 0 Å². The highest BCUT2D eigenvalue weighted by molar-refractivity contribution is 6.41. The number of hydrogen-bond donors (Lipinski definition) is 2. The van der Waals surface area contributed by atoms with Crippen molar-refractivity contribution in [1.29, 1.82) is 0 Å². The third-order valence-corrected chi connectivity index (χ3v) is 8.44. The van der Waals surface area contributed by atoms with Gasteiger partial charge in [-0.2, -0.15) is 4.98 Å². The summed E-state index contributed by atoms with van der Waals surface area (Å²) in [6.45, 7) is 7.97. The number of anilines is 1. The molecule has 0 spiro atoms. The normalized spacial score (nSPS) is 16.2. The summed E-state index contributed by atoms with van der Waals surface area (Å²) in [7, 11) is 2.97. The number of carbonyl (C=O) groups excluding carboxylic acids is 1. The summed E-state index contributed by atoms with van der Waals surface area (Å²) >= 11 is 13.4. The number of likely N-dealkylation sites (tertiary alicyclic amines) is 1. The quantitative estimate of drug-likeness (QED) is 0.311. The molecule has 224 valence electrons. The zero-order valence-corrected chi connectivity index (χ0v) is 25.1. The number of halogens is 2. The van der Waals surface area contributed by atoms with Gasteiger partial charge in [-0.1, -0.05) is 29.8 Å². The number of carbonyl (C=O) groups is 1. The van der Waals surface area contributed by atoms with Crippen molar-refractivity contribution in [2.75, 3.05) is 58.9 Å². The fraction of sp³-hybridized carbons (Fsp3) is 0.448. The first-order chi connectivity index (χ1) is 20.3. The van der Waals surface area contributed by atoms with E-state index in [-0.39, 0.29) is 33.1 Å². The van der Waals surface area contributed by atoms with E-state index in [2.05, 4.69) is 27.1 Å². The van der Waals surface area contributed by atoms with Crippen molar-refractivity contribution in [2.45, 2.75) is 25.4 Å². The van der Waals surface area contributed by atoms with Gasteiger partial charge in [0, 0.05) is 69.2 Å². The number of amides is 1. The first kappa shape index (κ1) is 30.1. The van der Waals surface area contributed by atoms with Crippen molar-refractivity contribution in [3.8, 4) is 22.6 Å². The van der Waals surface area contributed by atoms with Crippen LogP contribution in [0.2, 0.25) is 10.0 Å². The highest BCUT2D eigenvalue weighted by atomic mass is 35.5. The van der Waals surface area contributed by atoms with Crippen LogP contribution in [0.4, 0.5) is 5.95 Å². The molecule has 2 N–H and O–H groups in total. The average molecular weight is 618 g/mol. The van der Waals surface area contributed by atoms with Crippen molar-refractivity contribution in [3.63, 3.8) is 0 Å². The number of pyridine rings is 1. The van der Waals surface area contributed by atoms with Gasteiger partial charge in [0.15, 0.2) is 0 Å². The van der Waals surface area contributed by atoms with Crippen LogP contribution in [-0.4, -0.2) is 85.0 Å². The molecule has 0 unspecified atom stereocenters. The SMILES string of the molecule is C=CC(=O)NC1CN(CCn2c(=O)c(-c3c(Cl)c(OC)cc(OC)c3Cl)cc3cnc(NCC4CCOCC4)nc32)C1. The largest absolute Gasteiger partial charge is 0.495 e. The van der Waals surface area contributed by atoms with Crippen molar-refractivity contribution in [2.24, 2.45) is 5.92 Å². The summed E-state index contributed by atoms with van der Waals surface area (Å²) < 4.78 is 18.0. The highest BCUT2D eigenvalue weighted by Crippen LogP contribution is 2.45. The molecule has 1 aromatic carbocycles. The molecular weight excluding hydrogens is 583 g/mol. The van der Waals surface area contributed by atoms with Crippen LogP contribution in [0.25, 0.3) is 22.2 Å². The second-order valence-electron chi connectivity index (χ2n) is 10.4. The number of rotatable bonds is 11. The molecule has 11 nitrogen and oxygen atoms in total. The second-order valence-corrected chi connectivity index (χ2v) is 11.1. The van der Waals surface area contributed by atoms with E-state index in [4.69, 9.17) is 42.4 Å². The molecule has 5 rings (SSSR count). The highest BCUT2D eigenvalue weighted by Gasteiger charge is 2.28. The van der Waals surface area contributed by atoms with Gasteiger partial charge >= 0.3 is 0 Å². The Balaban J connectivity index is 1.51. The van der Waals surface area contributed by atoms with Crippen molar-refractivity contribution in [1.82, 2.24) is 24.8 Å². The van der Waals surface area contributed by atoms with Crippen LogP contribution in [0.1, 0.15) is 12.8 Å². The Hall–Kier alpha value is -3.38. The molecule has 42 heavy (non-hydrogen) atoms. The number of nitrogens with one attached hydrogen (secondary N) is 2. The van der Waals surface area contributed by atoms with Gasteiger partial charge in [-0.05, 0) is 30.9 Å². The summed E-state index contributed by atoms with van der Waals surface area (Å²) in [5.41, 5.74) is 0.772. The van der Waals surface area contributed by atoms with Crippen molar-refractivity contribution in [3.05, 3.63) is 51.4 Å². The zero-order chi connectivity index (χ0) is 29.8. The average Bonchev–Trinajstić information content (AvgIpc) is 2.98. The number of ether oxygens (including phenoxy) is 3. The Labute approximate surface area is 253 Å². The molecule has 4 heterocycles. The number of benzene rings is 1. The Morgan fingerprint density at radius 3 is 2.48 bits per heavy atom. The number of nitrogens with zero attached hydrogens (tertiary/aromatic N) is 4. The van der Waals surface area contributed by atoms with Crippen LogP contribution in [0.3, 0.4) is 0 Å². The van der Waals surface area contributed by atoms with Gasteiger partial charge in [-0.15, -0.1) is 0 Å². The van der Waals surface area contributed by atoms with E-state index >= 15 is 0 Å². The first-order valence-corrected chi connectivity index (χ1v) is 14.6. The maximum Gasteiger partial charge on any atom is 0.260 e. The summed E-state index contributed by atoms with van der Waals surface area (Å²) in [4.78, 5) is 37.2. The molecule has 0 radical (unpaired) electrons. The third-order valence-electron chi connectivity index (χ3n) is 7.69. The molecule has 0 saturated carbocycles. The van der Waals surface area contributed by atoms with Gasteiger partial charge in [-0.25, -0.2) is 4.98 Å². The molecule has 0 aliphatic carbocycles. The van der Waals surface area contributed by atoms with Gasteiger partial charge < -0.3 is 24.8 Å². The van der Waals surface area contributed by atoms with Crippen molar-refractivity contribution < 1.29 is 19.0 Å². The molecule has 0 atom stereocenters. The molecule has 13 heteroatoms. The molecule has 2 fully saturated rings. The fourth-order valence-corrected chi connectivity index (χ4v) is 5.99. The maximum absolute atomic E-state index is 14.2. The van der Waals surface area contributed by atoms with Crippen molar-refractivity contribution >= 4 is 46.1 Å². The summed E-state index contributed by atoms with van der Waals surface area (Å²) in [5, 5.41) is 7.28. The molecular formula is C29H34Cl2N6O5. The van der Waals surface area contributed by atoms with Gasteiger partial charge in [0.05, 0.1) is 35.9 Å².